The van der Waals surface area contributed by atoms with Crippen LogP contribution in [-0.2, 0) is 22.4 Å². The summed E-state index contributed by atoms with van der Waals surface area (Å²) >= 11 is 0. The fourth-order valence-electron chi connectivity index (χ4n) is 2.75. The molecule has 140 valence electrons. The smallest absolute Gasteiger partial charge is 0.366 e. The third-order valence-electron chi connectivity index (χ3n) is 3.99. The number of pyridine rings is 1. The molecular weight excluding hydrogens is 542 g/mol. The molecular formula is C25H20AuNP+. The summed E-state index contributed by atoms with van der Waals surface area (Å²) in [5, 5.41) is 4.31. The maximum atomic E-state index is 6.65. The van der Waals surface area contributed by atoms with Crippen LogP contribution in [0.3, 0.4) is 0 Å². The number of rotatable bonds is 3. The van der Waals surface area contributed by atoms with Crippen LogP contribution in [0.15, 0.2) is 116 Å². The fourth-order valence-corrected chi connectivity index (χ4v) is 5.33. The van der Waals surface area contributed by atoms with Gasteiger partial charge in [-0.2, -0.15) is 0 Å². The van der Waals surface area contributed by atoms with Crippen LogP contribution in [0.1, 0.15) is 5.56 Å². The third-order valence-corrected chi connectivity index (χ3v) is 6.73. The van der Waals surface area contributed by atoms with Crippen molar-refractivity contribution in [3.05, 3.63) is 128 Å². The topological polar surface area (TPSA) is 12.9 Å². The van der Waals surface area contributed by atoms with Crippen molar-refractivity contribution in [2.45, 2.75) is 0 Å². The Morgan fingerprint density at radius 1 is 0.607 bits per heavy atom. The van der Waals surface area contributed by atoms with Gasteiger partial charge in [0.2, 0.25) is 0 Å². The first-order valence-corrected chi connectivity index (χ1v) is 10.2. The van der Waals surface area contributed by atoms with Gasteiger partial charge in [-0.15, -0.1) is 11.6 Å². The second-order valence-electron chi connectivity index (χ2n) is 5.84. The van der Waals surface area contributed by atoms with Gasteiger partial charge in [0.05, 0.1) is 7.92 Å². The van der Waals surface area contributed by atoms with E-state index in [2.05, 4.69) is 102 Å². The Hall–Kier alpha value is -2.46. The summed E-state index contributed by atoms with van der Waals surface area (Å²) in [6.45, 7) is 0. The number of hydrogen-bond acceptors (Lipinski definition) is 1. The van der Waals surface area contributed by atoms with Gasteiger partial charge < -0.3 is 6.42 Å². The van der Waals surface area contributed by atoms with Gasteiger partial charge in [0.15, 0.2) is 0 Å². The molecule has 0 radical (unpaired) electrons. The molecule has 0 saturated carbocycles. The Morgan fingerprint density at radius 2 is 1.04 bits per heavy atom. The first-order valence-electron chi connectivity index (χ1n) is 8.74. The predicted octanol–water partition coefficient (Wildman–Crippen LogP) is 4.19. The summed E-state index contributed by atoms with van der Waals surface area (Å²) in [5.41, 5.74) is 0.715. The van der Waals surface area contributed by atoms with Gasteiger partial charge in [-0.3, -0.25) is 10.9 Å². The standard InChI is InChI=1S/C18H15P.C7H4N.Au/c1-4-10-16(11-5-1)19(17-12-6-2-7-13-17)18-14-8-3-9-15-18;1-2-7-4-3-5-8-6-7;/h1-15H;3-6H;/q;-1;+1/p+1. The van der Waals surface area contributed by atoms with E-state index in [1.807, 2.05) is 0 Å². The SMILES string of the molecule is [Au+].[C-]#Cc1cccnc1.c1ccc([PH+](c2ccccc2)c2ccccc2)cc1. The summed E-state index contributed by atoms with van der Waals surface area (Å²) in [4.78, 5) is 3.77. The van der Waals surface area contributed by atoms with Crippen molar-refractivity contribution in [3.8, 4) is 5.92 Å². The molecule has 0 fully saturated rings. The van der Waals surface area contributed by atoms with E-state index in [1.54, 1.807) is 24.5 Å². The molecule has 0 amide bonds. The molecule has 3 aromatic carbocycles. The molecule has 0 aliphatic rings. The van der Waals surface area contributed by atoms with E-state index in [0.29, 0.717) is 5.56 Å². The molecule has 1 nitrogen and oxygen atoms in total. The Morgan fingerprint density at radius 3 is 1.32 bits per heavy atom. The second-order valence-corrected chi connectivity index (χ2v) is 8.32. The van der Waals surface area contributed by atoms with Crippen molar-refractivity contribution in [2.24, 2.45) is 0 Å². The van der Waals surface area contributed by atoms with Crippen molar-refractivity contribution < 1.29 is 22.4 Å². The molecule has 0 aliphatic heterocycles. The van der Waals surface area contributed by atoms with Crippen LogP contribution >= 0.6 is 7.92 Å². The van der Waals surface area contributed by atoms with Gasteiger partial charge in [-0.1, -0.05) is 60.7 Å². The van der Waals surface area contributed by atoms with E-state index in [4.69, 9.17) is 6.42 Å². The normalized spacial score (nSPS) is 9.43. The number of nitrogens with zero attached hydrogens (tertiary/aromatic N) is 1. The van der Waals surface area contributed by atoms with Crippen molar-refractivity contribution in [3.63, 3.8) is 0 Å². The van der Waals surface area contributed by atoms with Gasteiger partial charge in [-0.05, 0) is 42.6 Å². The van der Waals surface area contributed by atoms with Crippen LogP contribution in [-0.4, -0.2) is 4.98 Å². The molecule has 0 spiro atoms. The average Bonchev–Trinajstić information content (AvgIpc) is 2.77. The molecule has 0 saturated heterocycles. The third kappa shape index (κ3) is 6.31. The van der Waals surface area contributed by atoms with Crippen LogP contribution in [0.5, 0.6) is 0 Å². The Labute approximate surface area is 184 Å². The maximum Gasteiger partial charge on any atom is 1.00 e. The Bertz CT molecular complexity index is 875. The van der Waals surface area contributed by atoms with Crippen LogP contribution in [0.25, 0.3) is 0 Å². The molecule has 0 atom stereocenters. The molecule has 0 bridgehead atoms. The largest absolute Gasteiger partial charge is 1.00 e. The van der Waals surface area contributed by atoms with Crippen LogP contribution < -0.4 is 15.9 Å². The molecule has 0 N–H and O–H groups in total. The zero-order valence-corrected chi connectivity index (χ0v) is 18.4. The summed E-state index contributed by atoms with van der Waals surface area (Å²) in [7, 11) is -0.877. The molecule has 4 aromatic rings. The molecule has 4 rings (SSSR count). The molecule has 1 heterocycles. The van der Waals surface area contributed by atoms with E-state index >= 15 is 0 Å². The first-order chi connectivity index (χ1) is 13.4. The molecule has 3 heteroatoms. The zero-order valence-electron chi connectivity index (χ0n) is 15.2. The monoisotopic (exact) mass is 562 g/mol. The number of hydrogen-bond donors (Lipinski definition) is 0. The molecule has 0 aliphatic carbocycles. The molecule has 0 unspecified atom stereocenters. The summed E-state index contributed by atoms with van der Waals surface area (Å²) in [6, 6.07) is 36.1. The van der Waals surface area contributed by atoms with E-state index < -0.39 is 7.92 Å². The van der Waals surface area contributed by atoms with E-state index in [9.17, 15) is 0 Å². The van der Waals surface area contributed by atoms with E-state index in [-0.39, 0.29) is 22.4 Å². The van der Waals surface area contributed by atoms with Gasteiger partial charge in [0.1, 0.15) is 15.9 Å². The first kappa shape index (κ1) is 21.8. The van der Waals surface area contributed by atoms with Crippen molar-refractivity contribution in [1.29, 1.82) is 0 Å². The van der Waals surface area contributed by atoms with Crippen LogP contribution in [0.2, 0.25) is 0 Å². The van der Waals surface area contributed by atoms with Gasteiger partial charge >= 0.3 is 22.4 Å². The zero-order chi connectivity index (χ0) is 18.7. The molecule has 28 heavy (non-hydrogen) atoms. The number of benzene rings is 3. The van der Waals surface area contributed by atoms with Crippen LogP contribution in [0.4, 0.5) is 0 Å². The minimum absolute atomic E-state index is 0. The summed E-state index contributed by atoms with van der Waals surface area (Å²) in [5.74, 6) is 2.21. The van der Waals surface area contributed by atoms with Gasteiger partial charge in [-0.25, -0.2) is 0 Å². The van der Waals surface area contributed by atoms with Crippen molar-refractivity contribution >= 4 is 23.8 Å². The van der Waals surface area contributed by atoms with Gasteiger partial charge in [0, 0.05) is 6.20 Å². The van der Waals surface area contributed by atoms with E-state index in [0.717, 1.165) is 0 Å². The minimum atomic E-state index is -0.877. The number of aromatic nitrogens is 1. The maximum absolute atomic E-state index is 6.65. The Balaban J connectivity index is 0.000000264. The summed E-state index contributed by atoms with van der Waals surface area (Å²) < 4.78 is 0. The minimum Gasteiger partial charge on any atom is -0.366 e. The Kier molecular flexibility index (Phi) is 9.43. The van der Waals surface area contributed by atoms with Gasteiger partial charge in [0.25, 0.3) is 0 Å². The molecule has 1 aromatic heterocycles. The fraction of sp³-hybridized carbons (Fsp3) is 0. The predicted molar refractivity (Wildman–Crippen MR) is 117 cm³/mol. The second kappa shape index (κ2) is 12.1. The van der Waals surface area contributed by atoms with Crippen molar-refractivity contribution in [2.75, 3.05) is 0 Å². The van der Waals surface area contributed by atoms with E-state index in [1.165, 1.54) is 15.9 Å². The summed E-state index contributed by atoms with van der Waals surface area (Å²) in [6.07, 6.45) is 9.91. The van der Waals surface area contributed by atoms with Crippen LogP contribution in [0, 0.1) is 12.3 Å². The average molecular weight is 562 g/mol. The quantitative estimate of drug-likeness (QED) is 0.158. The van der Waals surface area contributed by atoms with Crippen molar-refractivity contribution in [1.82, 2.24) is 4.98 Å².